The van der Waals surface area contributed by atoms with E-state index in [9.17, 15) is 22.7 Å². The number of aromatic nitrogens is 3. The molecule has 2 aliphatic heterocycles. The van der Waals surface area contributed by atoms with Crippen molar-refractivity contribution >= 4 is 27.5 Å². The van der Waals surface area contributed by atoms with E-state index in [0.29, 0.717) is 29.4 Å². The predicted octanol–water partition coefficient (Wildman–Crippen LogP) is 4.91. The van der Waals surface area contributed by atoms with Crippen LogP contribution in [0.3, 0.4) is 0 Å². The van der Waals surface area contributed by atoms with E-state index in [0.717, 1.165) is 12.8 Å². The molecule has 0 amide bonds. The van der Waals surface area contributed by atoms with Crippen molar-refractivity contribution < 1.29 is 31.8 Å². The van der Waals surface area contributed by atoms with Crippen LogP contribution >= 0.6 is 0 Å². The van der Waals surface area contributed by atoms with Crippen LogP contribution in [-0.4, -0.2) is 64.2 Å². The minimum atomic E-state index is -4.44. The van der Waals surface area contributed by atoms with Crippen LogP contribution in [0.5, 0.6) is 11.8 Å². The second kappa shape index (κ2) is 9.19. The highest BCUT2D eigenvalue weighted by Gasteiger charge is 2.42. The fourth-order valence-electron chi connectivity index (χ4n) is 5.20. The van der Waals surface area contributed by atoms with E-state index in [1.807, 2.05) is 4.90 Å². The number of hydrogen-bond donors (Lipinski definition) is 2. The summed E-state index contributed by atoms with van der Waals surface area (Å²) in [6, 6.07) is 9.64. The second-order valence-corrected chi connectivity index (χ2v) is 9.62. The molecule has 0 saturated carbocycles. The van der Waals surface area contributed by atoms with Gasteiger partial charge in [-0.2, -0.15) is 18.7 Å². The standard InChI is InChI=1S/C26H22F5N5O2/c27-20-21(18-8-16(37)7-13-3-1-2-4-17(13)18)32-9-19-22(20)34-25(38-12-26(30,31)24(28)29)35-23(19)36-10-14-5-6-15(11-36)33-14/h1-4,7-9,14-15,24,33,37H,5-6,10-12H2/t14-,15+. The van der Waals surface area contributed by atoms with E-state index < -0.39 is 30.8 Å². The Morgan fingerprint density at radius 2 is 1.82 bits per heavy atom. The first-order valence-electron chi connectivity index (χ1n) is 12.1. The monoisotopic (exact) mass is 531 g/mol. The Kier molecular flexibility index (Phi) is 5.93. The number of aromatic hydroxyl groups is 1. The van der Waals surface area contributed by atoms with Gasteiger partial charge in [0.2, 0.25) is 0 Å². The fourth-order valence-corrected chi connectivity index (χ4v) is 5.20. The number of hydrogen-bond acceptors (Lipinski definition) is 7. The molecular weight excluding hydrogens is 509 g/mol. The summed E-state index contributed by atoms with van der Waals surface area (Å²) in [4.78, 5) is 14.5. The minimum Gasteiger partial charge on any atom is -0.508 e. The molecule has 0 spiro atoms. The molecule has 12 heteroatoms. The molecule has 2 aliphatic rings. The molecule has 2 fully saturated rings. The summed E-state index contributed by atoms with van der Waals surface area (Å²) in [6.45, 7) is -0.620. The van der Waals surface area contributed by atoms with Gasteiger partial charge in [0.15, 0.2) is 12.4 Å². The van der Waals surface area contributed by atoms with E-state index in [4.69, 9.17) is 4.74 Å². The van der Waals surface area contributed by atoms with Crippen LogP contribution in [0.15, 0.2) is 42.6 Å². The van der Waals surface area contributed by atoms with Crippen molar-refractivity contribution in [3.05, 3.63) is 48.4 Å². The van der Waals surface area contributed by atoms with Gasteiger partial charge in [0.1, 0.15) is 22.8 Å². The highest BCUT2D eigenvalue weighted by atomic mass is 19.3. The highest BCUT2D eigenvalue weighted by molar-refractivity contribution is 5.99. The number of rotatable bonds is 6. The number of piperazine rings is 1. The second-order valence-electron chi connectivity index (χ2n) is 9.62. The van der Waals surface area contributed by atoms with Gasteiger partial charge in [-0.25, -0.2) is 13.2 Å². The molecule has 2 bridgehead atoms. The lowest BCUT2D eigenvalue weighted by molar-refractivity contribution is -0.149. The van der Waals surface area contributed by atoms with Gasteiger partial charge in [-0.3, -0.25) is 4.98 Å². The number of anilines is 1. The molecule has 7 nitrogen and oxygen atoms in total. The fraction of sp³-hybridized carbons (Fsp3) is 0.346. The molecule has 2 aromatic carbocycles. The van der Waals surface area contributed by atoms with Crippen LogP contribution in [0.25, 0.3) is 32.9 Å². The van der Waals surface area contributed by atoms with E-state index in [-0.39, 0.29) is 40.2 Å². The van der Waals surface area contributed by atoms with Gasteiger partial charge >= 0.3 is 18.4 Å². The minimum absolute atomic E-state index is 0.0991. The van der Waals surface area contributed by atoms with Crippen molar-refractivity contribution in [2.75, 3.05) is 24.6 Å². The molecule has 2 saturated heterocycles. The maximum absolute atomic E-state index is 16.1. The van der Waals surface area contributed by atoms with Crippen LogP contribution in [0.1, 0.15) is 12.8 Å². The summed E-state index contributed by atoms with van der Waals surface area (Å²) in [5.41, 5.74) is -0.0840. The van der Waals surface area contributed by atoms with Crippen molar-refractivity contribution in [2.24, 2.45) is 0 Å². The molecule has 4 heterocycles. The first kappa shape index (κ1) is 24.5. The smallest absolute Gasteiger partial charge is 0.340 e. The number of pyridine rings is 1. The number of phenols is 1. The van der Waals surface area contributed by atoms with Crippen molar-refractivity contribution in [3.8, 4) is 23.0 Å². The van der Waals surface area contributed by atoms with Crippen LogP contribution < -0.4 is 15.0 Å². The average molecular weight is 531 g/mol. The van der Waals surface area contributed by atoms with Gasteiger partial charge in [-0.05, 0) is 35.7 Å². The third kappa shape index (κ3) is 4.32. The molecule has 198 valence electrons. The molecule has 0 radical (unpaired) electrons. The number of phenolic OH excluding ortho intramolecular Hbond substituents is 1. The first-order chi connectivity index (χ1) is 18.2. The van der Waals surface area contributed by atoms with Crippen LogP contribution in [-0.2, 0) is 0 Å². The van der Waals surface area contributed by atoms with Gasteiger partial charge in [0.05, 0.1) is 5.39 Å². The molecule has 2 aromatic heterocycles. The van der Waals surface area contributed by atoms with Crippen molar-refractivity contribution in [1.82, 2.24) is 20.3 Å². The quantitative estimate of drug-likeness (QED) is 0.342. The summed E-state index contributed by atoms with van der Waals surface area (Å²) in [5.74, 6) is -5.19. The van der Waals surface area contributed by atoms with E-state index in [1.54, 1.807) is 24.3 Å². The topological polar surface area (TPSA) is 83.4 Å². The summed E-state index contributed by atoms with van der Waals surface area (Å²) in [6.07, 6.45) is -0.674. The molecule has 2 N–H and O–H groups in total. The lowest BCUT2D eigenvalue weighted by Gasteiger charge is -2.34. The van der Waals surface area contributed by atoms with Gasteiger partial charge in [0.25, 0.3) is 0 Å². The van der Waals surface area contributed by atoms with Gasteiger partial charge in [0, 0.05) is 36.9 Å². The lowest BCUT2D eigenvalue weighted by Crippen LogP contribution is -2.51. The summed E-state index contributed by atoms with van der Waals surface area (Å²) in [7, 11) is 0. The zero-order valence-electron chi connectivity index (χ0n) is 19.8. The lowest BCUT2D eigenvalue weighted by atomic mass is 10.0. The zero-order chi connectivity index (χ0) is 26.6. The molecule has 0 aliphatic carbocycles. The predicted molar refractivity (Wildman–Crippen MR) is 131 cm³/mol. The van der Waals surface area contributed by atoms with Gasteiger partial charge < -0.3 is 20.1 Å². The molecule has 4 aromatic rings. The molecular formula is C26H22F5N5O2. The van der Waals surface area contributed by atoms with Crippen molar-refractivity contribution in [2.45, 2.75) is 37.3 Å². The number of fused-ring (bicyclic) bond motifs is 4. The Hall–Kier alpha value is -3.80. The molecule has 0 unspecified atom stereocenters. The number of ether oxygens (including phenoxy) is 1. The zero-order valence-corrected chi connectivity index (χ0v) is 19.8. The number of nitrogens with one attached hydrogen (secondary N) is 1. The summed E-state index contributed by atoms with van der Waals surface area (Å²) in [5, 5.41) is 15.2. The average Bonchev–Trinajstić information content (AvgIpc) is 3.24. The van der Waals surface area contributed by atoms with Crippen LogP contribution in [0.2, 0.25) is 0 Å². The van der Waals surface area contributed by atoms with Gasteiger partial charge in [-0.15, -0.1) is 0 Å². The van der Waals surface area contributed by atoms with Crippen molar-refractivity contribution in [3.63, 3.8) is 0 Å². The number of nitrogens with zero attached hydrogens (tertiary/aromatic N) is 4. The Labute approximate surface area is 213 Å². The van der Waals surface area contributed by atoms with Crippen molar-refractivity contribution in [1.29, 1.82) is 0 Å². The normalized spacial score (nSPS) is 19.6. The Morgan fingerprint density at radius 3 is 2.55 bits per heavy atom. The molecule has 6 rings (SSSR count). The summed E-state index contributed by atoms with van der Waals surface area (Å²) < 4.78 is 73.7. The third-order valence-corrected chi connectivity index (χ3v) is 6.97. The SMILES string of the molecule is Oc1cc(-c2ncc3c(N4C[C@H]5CC[C@@H](C4)N5)nc(OCC(F)(F)C(F)F)nc3c2F)c2ccccc2c1. The van der Waals surface area contributed by atoms with Crippen LogP contribution in [0.4, 0.5) is 27.8 Å². The number of halogens is 5. The molecule has 38 heavy (non-hydrogen) atoms. The van der Waals surface area contributed by atoms with Gasteiger partial charge in [-0.1, -0.05) is 24.3 Å². The highest BCUT2D eigenvalue weighted by Crippen LogP contribution is 2.37. The Morgan fingerprint density at radius 1 is 1.08 bits per heavy atom. The maximum atomic E-state index is 16.1. The third-order valence-electron chi connectivity index (χ3n) is 6.97. The largest absolute Gasteiger partial charge is 0.508 e. The van der Waals surface area contributed by atoms with Crippen LogP contribution in [0, 0.1) is 5.82 Å². The first-order valence-corrected chi connectivity index (χ1v) is 12.1. The maximum Gasteiger partial charge on any atom is 0.340 e. The molecule has 2 atom stereocenters. The number of alkyl halides is 4. The Balaban J connectivity index is 1.50. The summed E-state index contributed by atoms with van der Waals surface area (Å²) >= 11 is 0. The number of benzene rings is 2. The Bertz CT molecular complexity index is 1520. The van der Waals surface area contributed by atoms with E-state index >= 15 is 4.39 Å². The van der Waals surface area contributed by atoms with E-state index in [2.05, 4.69) is 20.3 Å². The van der Waals surface area contributed by atoms with E-state index in [1.165, 1.54) is 18.3 Å².